The number of nitrogens with one attached hydrogen (secondary N) is 1. The Labute approximate surface area is 84.3 Å². The topological polar surface area (TPSA) is 47.3 Å². The number of nitrogens with two attached hydrogens (primary N) is 1. The first-order valence-corrected chi connectivity index (χ1v) is 4.98. The van der Waals surface area contributed by atoms with Crippen molar-refractivity contribution in [2.75, 3.05) is 25.1 Å². The quantitative estimate of drug-likeness (QED) is 0.753. The monoisotopic (exact) mass is 192 g/mol. The largest absolute Gasteiger partial charge is 0.385 e. The van der Waals surface area contributed by atoms with Gasteiger partial charge in [-0.3, -0.25) is 0 Å². The minimum atomic E-state index is 0.186. The van der Waals surface area contributed by atoms with Crippen LogP contribution in [-0.2, 0) is 4.74 Å². The van der Waals surface area contributed by atoms with Gasteiger partial charge in [0.05, 0.1) is 13.2 Å². The van der Waals surface area contributed by atoms with E-state index in [1.807, 2.05) is 18.2 Å². The molecule has 2 rings (SSSR count). The van der Waals surface area contributed by atoms with Crippen LogP contribution in [0.2, 0.25) is 0 Å². The Bertz CT molecular complexity index is 276. The smallest absolute Gasteiger partial charge is 0.0621 e. The molecule has 1 aromatic carbocycles. The van der Waals surface area contributed by atoms with Gasteiger partial charge < -0.3 is 15.8 Å². The molecule has 0 saturated carbocycles. The van der Waals surface area contributed by atoms with E-state index in [1.165, 1.54) is 0 Å². The van der Waals surface area contributed by atoms with Gasteiger partial charge in [0.2, 0.25) is 0 Å². The third-order valence-corrected chi connectivity index (χ3v) is 2.59. The molecule has 1 aliphatic heterocycles. The van der Waals surface area contributed by atoms with Gasteiger partial charge in [-0.2, -0.15) is 0 Å². The molecule has 1 saturated heterocycles. The Morgan fingerprint density at radius 2 is 2.07 bits per heavy atom. The van der Waals surface area contributed by atoms with Crippen molar-refractivity contribution in [2.45, 2.75) is 6.04 Å². The van der Waals surface area contributed by atoms with Crippen LogP contribution in [0.1, 0.15) is 0 Å². The fraction of sp³-hybridized carbons (Fsp3) is 0.455. The first kappa shape index (κ1) is 9.49. The lowest BCUT2D eigenvalue weighted by Crippen LogP contribution is -2.33. The van der Waals surface area contributed by atoms with E-state index in [0.717, 1.165) is 18.8 Å². The van der Waals surface area contributed by atoms with Crippen molar-refractivity contribution in [2.24, 2.45) is 11.7 Å². The number of para-hydroxylation sites is 1. The predicted molar refractivity (Wildman–Crippen MR) is 57.2 cm³/mol. The van der Waals surface area contributed by atoms with Crippen LogP contribution in [0.4, 0.5) is 5.69 Å². The summed E-state index contributed by atoms with van der Waals surface area (Å²) in [5.41, 5.74) is 7.02. The summed E-state index contributed by atoms with van der Waals surface area (Å²) in [7, 11) is 0. The van der Waals surface area contributed by atoms with Crippen LogP contribution >= 0.6 is 0 Å². The number of ether oxygens (including phenoxy) is 1. The first-order valence-electron chi connectivity index (χ1n) is 4.98. The Balaban J connectivity index is 1.82. The Kier molecular flexibility index (Phi) is 3.01. The molecule has 76 valence electrons. The fourth-order valence-corrected chi connectivity index (χ4v) is 1.63. The number of hydrogen-bond acceptors (Lipinski definition) is 3. The average Bonchev–Trinajstić information content (AvgIpc) is 2.63. The van der Waals surface area contributed by atoms with Gasteiger partial charge in [-0.05, 0) is 12.1 Å². The Morgan fingerprint density at radius 1 is 1.29 bits per heavy atom. The average molecular weight is 192 g/mol. The van der Waals surface area contributed by atoms with Gasteiger partial charge in [-0.1, -0.05) is 18.2 Å². The molecule has 1 fully saturated rings. The maximum absolute atomic E-state index is 5.88. The lowest BCUT2D eigenvalue weighted by molar-refractivity contribution is 0.185. The molecule has 0 amide bonds. The highest BCUT2D eigenvalue weighted by Gasteiger charge is 2.24. The fourth-order valence-electron chi connectivity index (χ4n) is 1.63. The van der Waals surface area contributed by atoms with E-state index >= 15 is 0 Å². The van der Waals surface area contributed by atoms with Crippen molar-refractivity contribution in [3.05, 3.63) is 30.3 Å². The molecule has 3 nitrogen and oxygen atoms in total. The van der Waals surface area contributed by atoms with Crippen molar-refractivity contribution in [1.29, 1.82) is 0 Å². The highest BCUT2D eigenvalue weighted by Crippen LogP contribution is 2.13. The van der Waals surface area contributed by atoms with Crippen LogP contribution in [0.15, 0.2) is 30.3 Å². The second kappa shape index (κ2) is 4.44. The Hall–Kier alpha value is -1.06. The van der Waals surface area contributed by atoms with E-state index < -0.39 is 0 Å². The summed E-state index contributed by atoms with van der Waals surface area (Å²) in [6.07, 6.45) is 0. The van der Waals surface area contributed by atoms with Gasteiger partial charge in [0.15, 0.2) is 0 Å². The minimum absolute atomic E-state index is 0.186. The molecule has 14 heavy (non-hydrogen) atoms. The molecule has 3 heteroatoms. The van der Waals surface area contributed by atoms with Crippen LogP contribution < -0.4 is 11.1 Å². The highest BCUT2D eigenvalue weighted by molar-refractivity contribution is 5.42. The first-order chi connectivity index (χ1) is 6.86. The van der Waals surface area contributed by atoms with Crippen LogP contribution in [0.5, 0.6) is 0 Å². The van der Waals surface area contributed by atoms with Gasteiger partial charge in [0, 0.05) is 24.2 Å². The molecule has 1 aliphatic rings. The van der Waals surface area contributed by atoms with Crippen LogP contribution in [0, 0.1) is 5.92 Å². The summed E-state index contributed by atoms with van der Waals surface area (Å²) in [5.74, 6) is 0.440. The van der Waals surface area contributed by atoms with Gasteiger partial charge >= 0.3 is 0 Å². The van der Waals surface area contributed by atoms with Crippen LogP contribution in [0.25, 0.3) is 0 Å². The second-order valence-electron chi connectivity index (χ2n) is 3.71. The van der Waals surface area contributed by atoms with Gasteiger partial charge in [0.25, 0.3) is 0 Å². The molecular weight excluding hydrogens is 176 g/mol. The van der Waals surface area contributed by atoms with E-state index in [9.17, 15) is 0 Å². The zero-order chi connectivity index (χ0) is 9.80. The molecule has 3 N–H and O–H groups in total. The van der Waals surface area contributed by atoms with Crippen molar-refractivity contribution >= 4 is 5.69 Å². The van der Waals surface area contributed by atoms with E-state index in [1.54, 1.807) is 0 Å². The van der Waals surface area contributed by atoms with E-state index in [4.69, 9.17) is 10.5 Å². The zero-order valence-electron chi connectivity index (χ0n) is 8.15. The minimum Gasteiger partial charge on any atom is -0.385 e. The summed E-state index contributed by atoms with van der Waals surface area (Å²) in [4.78, 5) is 0. The van der Waals surface area contributed by atoms with E-state index in [0.29, 0.717) is 12.5 Å². The van der Waals surface area contributed by atoms with Crippen molar-refractivity contribution < 1.29 is 4.74 Å². The Morgan fingerprint density at radius 3 is 2.71 bits per heavy atom. The zero-order valence-corrected chi connectivity index (χ0v) is 8.15. The molecule has 0 bridgehead atoms. The van der Waals surface area contributed by atoms with Crippen molar-refractivity contribution in [1.82, 2.24) is 0 Å². The van der Waals surface area contributed by atoms with Gasteiger partial charge in [-0.25, -0.2) is 0 Å². The van der Waals surface area contributed by atoms with Crippen LogP contribution in [0.3, 0.4) is 0 Å². The molecule has 0 spiro atoms. The molecule has 2 unspecified atom stereocenters. The molecule has 1 aromatic rings. The van der Waals surface area contributed by atoms with Crippen molar-refractivity contribution in [3.63, 3.8) is 0 Å². The highest BCUT2D eigenvalue weighted by atomic mass is 16.5. The summed E-state index contributed by atoms with van der Waals surface area (Å²) in [6.45, 7) is 2.37. The maximum Gasteiger partial charge on any atom is 0.0621 e. The summed E-state index contributed by atoms with van der Waals surface area (Å²) in [5, 5.41) is 3.36. The molecule has 0 aliphatic carbocycles. The molecule has 0 radical (unpaired) electrons. The van der Waals surface area contributed by atoms with E-state index in [-0.39, 0.29) is 6.04 Å². The normalized spacial score (nSPS) is 26.4. The molecular formula is C11H16N2O. The van der Waals surface area contributed by atoms with Crippen LogP contribution in [-0.4, -0.2) is 25.8 Å². The molecule has 0 aromatic heterocycles. The maximum atomic E-state index is 5.88. The third-order valence-electron chi connectivity index (χ3n) is 2.59. The number of rotatable bonds is 3. The summed E-state index contributed by atoms with van der Waals surface area (Å²) < 4.78 is 5.29. The second-order valence-corrected chi connectivity index (χ2v) is 3.71. The SMILES string of the molecule is NC1COCC1CNc1ccccc1. The summed E-state index contributed by atoms with van der Waals surface area (Å²) in [6, 6.07) is 10.4. The molecule has 2 atom stereocenters. The standard InChI is InChI=1S/C11H16N2O/c12-11-8-14-7-9(11)6-13-10-4-2-1-3-5-10/h1-5,9,11,13H,6-8,12H2. The lowest BCUT2D eigenvalue weighted by Gasteiger charge is -2.14. The van der Waals surface area contributed by atoms with E-state index in [2.05, 4.69) is 17.4 Å². The van der Waals surface area contributed by atoms with Gasteiger partial charge in [-0.15, -0.1) is 0 Å². The van der Waals surface area contributed by atoms with Crippen molar-refractivity contribution in [3.8, 4) is 0 Å². The number of hydrogen-bond donors (Lipinski definition) is 2. The van der Waals surface area contributed by atoms with Gasteiger partial charge in [0.1, 0.15) is 0 Å². The summed E-state index contributed by atoms with van der Waals surface area (Å²) >= 11 is 0. The predicted octanol–water partition coefficient (Wildman–Crippen LogP) is 1.07. The number of anilines is 1. The third kappa shape index (κ3) is 2.25. The number of benzene rings is 1. The molecule has 1 heterocycles. The lowest BCUT2D eigenvalue weighted by atomic mass is 10.1.